The molecule has 0 aliphatic rings. The van der Waals surface area contributed by atoms with Gasteiger partial charge in [0.2, 0.25) is 0 Å². The molecule has 15 heavy (non-hydrogen) atoms. The Hall–Kier alpha value is -0.870. The van der Waals surface area contributed by atoms with E-state index in [1.165, 1.54) is 12.1 Å². The molecular weight excluding hydrogens is 252 g/mol. The van der Waals surface area contributed by atoms with Crippen LogP contribution in [0.5, 0.6) is 5.75 Å². The molecule has 0 bridgehead atoms. The SMILES string of the molecule is C=C(Cl)c1ccc(OC(F)(F)F)c(Cl)c1. The molecule has 1 rings (SSSR count). The molecule has 0 radical (unpaired) electrons. The van der Waals surface area contributed by atoms with E-state index < -0.39 is 12.1 Å². The first-order valence-corrected chi connectivity index (χ1v) is 4.45. The first-order valence-electron chi connectivity index (χ1n) is 3.69. The van der Waals surface area contributed by atoms with E-state index in [4.69, 9.17) is 23.2 Å². The molecule has 0 fully saturated rings. The fourth-order valence-corrected chi connectivity index (χ4v) is 1.21. The fraction of sp³-hybridized carbons (Fsp3) is 0.111. The molecule has 82 valence electrons. The summed E-state index contributed by atoms with van der Waals surface area (Å²) in [6.07, 6.45) is -4.76. The largest absolute Gasteiger partial charge is 0.573 e. The molecule has 1 aromatic carbocycles. The summed E-state index contributed by atoms with van der Waals surface area (Å²) in [5.41, 5.74) is 0.441. The molecular formula is C9H5Cl2F3O. The number of hydrogen-bond donors (Lipinski definition) is 0. The summed E-state index contributed by atoms with van der Waals surface area (Å²) < 4.78 is 39.2. The minimum absolute atomic E-state index is 0.174. The molecule has 0 saturated heterocycles. The second-order valence-electron chi connectivity index (χ2n) is 2.60. The third kappa shape index (κ3) is 3.64. The molecule has 0 saturated carbocycles. The van der Waals surface area contributed by atoms with Gasteiger partial charge in [-0.15, -0.1) is 13.2 Å². The lowest BCUT2D eigenvalue weighted by Gasteiger charge is -2.10. The summed E-state index contributed by atoms with van der Waals surface area (Å²) in [5, 5.41) is 0.0158. The van der Waals surface area contributed by atoms with Gasteiger partial charge in [0.05, 0.1) is 5.02 Å². The Morgan fingerprint density at radius 3 is 2.33 bits per heavy atom. The highest BCUT2D eigenvalue weighted by Gasteiger charge is 2.32. The minimum atomic E-state index is -4.76. The van der Waals surface area contributed by atoms with Crippen molar-refractivity contribution in [1.82, 2.24) is 0 Å². The smallest absolute Gasteiger partial charge is 0.404 e. The summed E-state index contributed by atoms with van der Waals surface area (Å²) in [4.78, 5) is 0. The van der Waals surface area contributed by atoms with Crippen LogP contribution in [0.3, 0.4) is 0 Å². The highest BCUT2D eigenvalue weighted by atomic mass is 35.5. The molecule has 0 unspecified atom stereocenters. The van der Waals surface area contributed by atoms with E-state index in [0.717, 1.165) is 6.07 Å². The minimum Gasteiger partial charge on any atom is -0.404 e. The molecule has 0 heterocycles. The van der Waals surface area contributed by atoms with Gasteiger partial charge < -0.3 is 4.74 Å². The van der Waals surface area contributed by atoms with Crippen molar-refractivity contribution >= 4 is 28.2 Å². The first-order chi connectivity index (χ1) is 6.79. The van der Waals surface area contributed by atoms with Crippen molar-refractivity contribution in [3.05, 3.63) is 35.4 Å². The van der Waals surface area contributed by atoms with Crippen LogP contribution >= 0.6 is 23.2 Å². The summed E-state index contributed by atoms with van der Waals surface area (Å²) in [7, 11) is 0. The van der Waals surface area contributed by atoms with Gasteiger partial charge in [0.15, 0.2) is 0 Å². The number of ether oxygens (including phenoxy) is 1. The van der Waals surface area contributed by atoms with Crippen LogP contribution in [0.4, 0.5) is 13.2 Å². The van der Waals surface area contributed by atoms with Crippen molar-refractivity contribution in [2.75, 3.05) is 0 Å². The van der Waals surface area contributed by atoms with Gasteiger partial charge in [-0.3, -0.25) is 0 Å². The lowest BCUT2D eigenvalue weighted by molar-refractivity contribution is -0.274. The van der Waals surface area contributed by atoms with Crippen LogP contribution in [0.2, 0.25) is 5.02 Å². The highest BCUT2D eigenvalue weighted by molar-refractivity contribution is 6.48. The van der Waals surface area contributed by atoms with Gasteiger partial charge >= 0.3 is 6.36 Å². The molecule has 1 nitrogen and oxygen atoms in total. The average molecular weight is 257 g/mol. The van der Waals surface area contributed by atoms with Crippen molar-refractivity contribution in [2.45, 2.75) is 6.36 Å². The van der Waals surface area contributed by atoms with Gasteiger partial charge in [-0.05, 0) is 23.8 Å². The number of hydrogen-bond acceptors (Lipinski definition) is 1. The second-order valence-corrected chi connectivity index (χ2v) is 3.46. The molecule has 6 heteroatoms. The Morgan fingerprint density at radius 2 is 1.93 bits per heavy atom. The normalized spacial score (nSPS) is 11.3. The van der Waals surface area contributed by atoms with Crippen LogP contribution in [0.25, 0.3) is 5.03 Å². The van der Waals surface area contributed by atoms with Crippen LogP contribution in [0.15, 0.2) is 24.8 Å². The molecule has 0 aliphatic heterocycles. The number of alkyl halides is 3. The Labute approximate surface area is 94.1 Å². The molecule has 0 aromatic heterocycles. The number of halogens is 5. The second kappa shape index (κ2) is 4.33. The van der Waals surface area contributed by atoms with Crippen LogP contribution in [0.1, 0.15) is 5.56 Å². The van der Waals surface area contributed by atoms with Crippen LogP contribution in [0, 0.1) is 0 Å². The zero-order chi connectivity index (χ0) is 11.6. The van der Waals surface area contributed by atoms with E-state index >= 15 is 0 Å². The van der Waals surface area contributed by atoms with E-state index in [1.807, 2.05) is 0 Å². The Kier molecular flexibility index (Phi) is 3.52. The van der Waals surface area contributed by atoms with Crippen LogP contribution < -0.4 is 4.74 Å². The van der Waals surface area contributed by atoms with Crippen LogP contribution in [-0.2, 0) is 0 Å². The zero-order valence-corrected chi connectivity index (χ0v) is 8.75. The van der Waals surface area contributed by atoms with Gasteiger partial charge in [0.25, 0.3) is 0 Å². The fourth-order valence-electron chi connectivity index (χ4n) is 0.877. The first kappa shape index (κ1) is 12.2. The van der Waals surface area contributed by atoms with Crippen molar-refractivity contribution in [1.29, 1.82) is 0 Å². The zero-order valence-electron chi connectivity index (χ0n) is 7.24. The average Bonchev–Trinajstić information content (AvgIpc) is 2.05. The maximum Gasteiger partial charge on any atom is 0.573 e. The van der Waals surface area contributed by atoms with Gasteiger partial charge in [-0.1, -0.05) is 29.8 Å². The molecule has 0 atom stereocenters. The maximum atomic E-state index is 11.9. The lowest BCUT2D eigenvalue weighted by atomic mass is 10.2. The predicted molar refractivity (Wildman–Crippen MR) is 53.0 cm³/mol. The predicted octanol–water partition coefficient (Wildman–Crippen LogP) is 4.45. The maximum absolute atomic E-state index is 11.9. The van der Waals surface area contributed by atoms with Gasteiger partial charge in [-0.25, -0.2) is 0 Å². The third-order valence-electron chi connectivity index (χ3n) is 1.47. The van der Waals surface area contributed by atoms with E-state index in [9.17, 15) is 13.2 Å². The van der Waals surface area contributed by atoms with Crippen molar-refractivity contribution < 1.29 is 17.9 Å². The van der Waals surface area contributed by atoms with Crippen molar-refractivity contribution in [3.8, 4) is 5.75 Å². The van der Waals surface area contributed by atoms with Crippen molar-refractivity contribution in [2.24, 2.45) is 0 Å². The summed E-state index contributed by atoms with van der Waals surface area (Å²) >= 11 is 11.1. The standard InChI is InChI=1S/C9H5Cl2F3O/c1-5(10)6-2-3-8(7(11)4-6)15-9(12,13)14/h2-4H,1H2. The van der Waals surface area contributed by atoms with Gasteiger partial charge in [-0.2, -0.15) is 0 Å². The van der Waals surface area contributed by atoms with Gasteiger partial charge in [0, 0.05) is 5.03 Å². The number of rotatable bonds is 2. The molecule has 0 spiro atoms. The monoisotopic (exact) mass is 256 g/mol. The molecule has 1 aromatic rings. The molecule has 0 amide bonds. The van der Waals surface area contributed by atoms with E-state index in [-0.39, 0.29) is 10.1 Å². The third-order valence-corrected chi connectivity index (χ3v) is 1.98. The summed E-state index contributed by atoms with van der Waals surface area (Å²) in [5.74, 6) is -0.467. The summed E-state index contributed by atoms with van der Waals surface area (Å²) in [6.45, 7) is 3.41. The highest BCUT2D eigenvalue weighted by Crippen LogP contribution is 2.32. The van der Waals surface area contributed by atoms with Crippen LogP contribution in [-0.4, -0.2) is 6.36 Å². The quantitative estimate of drug-likeness (QED) is 0.760. The topological polar surface area (TPSA) is 9.23 Å². The molecule has 0 N–H and O–H groups in total. The van der Waals surface area contributed by atoms with E-state index in [2.05, 4.69) is 11.3 Å². The Morgan fingerprint density at radius 1 is 1.33 bits per heavy atom. The summed E-state index contributed by atoms with van der Waals surface area (Å²) in [6, 6.07) is 3.67. The van der Waals surface area contributed by atoms with E-state index in [0.29, 0.717) is 5.56 Å². The van der Waals surface area contributed by atoms with E-state index in [1.54, 1.807) is 0 Å². The molecule has 0 aliphatic carbocycles. The number of benzene rings is 1. The Bertz CT molecular complexity index is 387. The van der Waals surface area contributed by atoms with Crippen molar-refractivity contribution in [3.63, 3.8) is 0 Å². The lowest BCUT2D eigenvalue weighted by Crippen LogP contribution is -2.17. The Balaban J connectivity index is 2.99. The van der Waals surface area contributed by atoms with Gasteiger partial charge in [0.1, 0.15) is 5.75 Å².